The molecule has 0 unspecified atom stereocenters. The summed E-state index contributed by atoms with van der Waals surface area (Å²) >= 11 is 0. The monoisotopic (exact) mass is 213 g/mol. The molecule has 0 aliphatic heterocycles. The third kappa shape index (κ3) is 1.20. The van der Waals surface area contributed by atoms with E-state index in [-0.39, 0.29) is 6.01 Å². The van der Waals surface area contributed by atoms with E-state index in [2.05, 4.69) is 23.0 Å². The smallest absolute Gasteiger partial charge is 0.292 e. The maximum absolute atomic E-state index is 5.48. The van der Waals surface area contributed by atoms with Crippen LogP contribution in [0.15, 0.2) is 35.1 Å². The Bertz CT molecular complexity index is 651. The van der Waals surface area contributed by atoms with Gasteiger partial charge in [0.1, 0.15) is 12.0 Å². The van der Waals surface area contributed by atoms with Gasteiger partial charge in [-0.25, -0.2) is 0 Å². The zero-order valence-electron chi connectivity index (χ0n) is 8.82. The fourth-order valence-corrected chi connectivity index (χ4v) is 1.98. The SMILES string of the molecule is Cc1cccc2[nH]cc(-c3coc(N)n3)c12. The zero-order valence-corrected chi connectivity index (χ0v) is 8.82. The van der Waals surface area contributed by atoms with Crippen molar-refractivity contribution >= 4 is 16.9 Å². The molecule has 0 atom stereocenters. The quantitative estimate of drug-likeness (QED) is 0.653. The van der Waals surface area contributed by atoms with Crippen molar-refractivity contribution in [3.8, 4) is 11.3 Å². The molecule has 4 nitrogen and oxygen atoms in total. The predicted molar refractivity (Wildman–Crippen MR) is 62.9 cm³/mol. The fourth-order valence-electron chi connectivity index (χ4n) is 1.98. The Labute approximate surface area is 92.1 Å². The first kappa shape index (κ1) is 9.03. The molecule has 0 bridgehead atoms. The molecule has 0 saturated heterocycles. The summed E-state index contributed by atoms with van der Waals surface area (Å²) in [5, 5.41) is 1.16. The first-order valence-corrected chi connectivity index (χ1v) is 5.04. The molecule has 4 heteroatoms. The van der Waals surface area contributed by atoms with Crippen LogP contribution in [0, 0.1) is 6.92 Å². The third-order valence-corrected chi connectivity index (χ3v) is 2.71. The lowest BCUT2D eigenvalue weighted by molar-refractivity contribution is 0.581. The van der Waals surface area contributed by atoms with Gasteiger partial charge in [-0.2, -0.15) is 4.98 Å². The predicted octanol–water partition coefficient (Wildman–Crippen LogP) is 2.71. The summed E-state index contributed by atoms with van der Waals surface area (Å²) in [5.41, 5.74) is 9.56. The Balaban J connectivity index is 2.32. The van der Waals surface area contributed by atoms with Gasteiger partial charge in [-0.15, -0.1) is 0 Å². The third-order valence-electron chi connectivity index (χ3n) is 2.71. The number of H-pyrrole nitrogens is 1. The Morgan fingerprint density at radius 1 is 1.38 bits per heavy atom. The molecule has 3 N–H and O–H groups in total. The molecule has 0 saturated carbocycles. The van der Waals surface area contributed by atoms with Crippen LogP contribution in [0.5, 0.6) is 0 Å². The van der Waals surface area contributed by atoms with Gasteiger partial charge in [0.25, 0.3) is 6.01 Å². The highest BCUT2D eigenvalue weighted by Gasteiger charge is 2.11. The summed E-state index contributed by atoms with van der Waals surface area (Å²) < 4.78 is 5.03. The van der Waals surface area contributed by atoms with Gasteiger partial charge in [-0.05, 0) is 18.6 Å². The summed E-state index contributed by atoms with van der Waals surface area (Å²) in [5.74, 6) is 0. The van der Waals surface area contributed by atoms with Crippen molar-refractivity contribution in [3.63, 3.8) is 0 Å². The number of nitrogens with zero attached hydrogens (tertiary/aromatic N) is 1. The van der Waals surface area contributed by atoms with E-state index in [1.165, 1.54) is 5.56 Å². The highest BCUT2D eigenvalue weighted by atomic mass is 16.4. The average molecular weight is 213 g/mol. The number of hydrogen-bond donors (Lipinski definition) is 2. The molecular weight excluding hydrogens is 202 g/mol. The van der Waals surface area contributed by atoms with Crippen molar-refractivity contribution in [2.75, 3.05) is 5.73 Å². The van der Waals surface area contributed by atoms with Crippen molar-refractivity contribution in [1.82, 2.24) is 9.97 Å². The number of aromatic nitrogens is 2. The second kappa shape index (κ2) is 3.13. The molecule has 0 fully saturated rings. The number of hydrogen-bond acceptors (Lipinski definition) is 3. The van der Waals surface area contributed by atoms with Crippen molar-refractivity contribution in [3.05, 3.63) is 36.2 Å². The molecule has 0 aliphatic rings. The van der Waals surface area contributed by atoms with Gasteiger partial charge in [0.2, 0.25) is 0 Å². The van der Waals surface area contributed by atoms with Crippen molar-refractivity contribution in [1.29, 1.82) is 0 Å². The van der Waals surface area contributed by atoms with Crippen LogP contribution in [0.25, 0.3) is 22.2 Å². The number of nitrogen functional groups attached to an aromatic ring is 1. The normalized spacial score (nSPS) is 11.1. The first-order valence-electron chi connectivity index (χ1n) is 5.04. The molecule has 2 heterocycles. The maximum Gasteiger partial charge on any atom is 0.292 e. The Morgan fingerprint density at radius 3 is 3.00 bits per heavy atom. The van der Waals surface area contributed by atoms with Crippen molar-refractivity contribution in [2.45, 2.75) is 6.92 Å². The van der Waals surface area contributed by atoms with E-state index in [0.717, 1.165) is 22.2 Å². The number of oxazole rings is 1. The van der Waals surface area contributed by atoms with E-state index in [4.69, 9.17) is 10.2 Å². The van der Waals surface area contributed by atoms with Crippen LogP contribution in [0.3, 0.4) is 0 Å². The summed E-state index contributed by atoms with van der Waals surface area (Å²) in [6.45, 7) is 2.07. The van der Waals surface area contributed by atoms with Gasteiger partial charge in [-0.1, -0.05) is 12.1 Å². The standard InChI is InChI=1S/C12H11N3O/c1-7-3-2-4-9-11(7)8(5-14-9)10-6-16-12(13)15-10/h2-6,14H,1H3,(H2,13,15). The summed E-state index contributed by atoms with van der Waals surface area (Å²) in [6.07, 6.45) is 3.50. The molecule has 0 aliphatic carbocycles. The van der Waals surface area contributed by atoms with Crippen LogP contribution in [-0.4, -0.2) is 9.97 Å². The maximum atomic E-state index is 5.48. The van der Waals surface area contributed by atoms with Gasteiger partial charge in [0.05, 0.1) is 0 Å². The van der Waals surface area contributed by atoms with E-state index in [1.807, 2.05) is 18.3 Å². The van der Waals surface area contributed by atoms with Crippen LogP contribution in [0.2, 0.25) is 0 Å². The second-order valence-corrected chi connectivity index (χ2v) is 3.77. The molecule has 3 aromatic rings. The van der Waals surface area contributed by atoms with Crippen LogP contribution >= 0.6 is 0 Å². The average Bonchev–Trinajstić information content (AvgIpc) is 2.84. The molecule has 0 amide bonds. The number of aromatic amines is 1. The largest absolute Gasteiger partial charge is 0.432 e. The number of anilines is 1. The van der Waals surface area contributed by atoms with E-state index in [1.54, 1.807) is 6.26 Å². The highest BCUT2D eigenvalue weighted by Crippen LogP contribution is 2.30. The Kier molecular flexibility index (Phi) is 1.77. The molecule has 0 radical (unpaired) electrons. The molecule has 1 aromatic carbocycles. The minimum atomic E-state index is 0.193. The molecule has 3 rings (SSSR count). The molecule has 80 valence electrons. The number of nitrogens with one attached hydrogen (secondary N) is 1. The molecule has 16 heavy (non-hydrogen) atoms. The molecule has 0 spiro atoms. The Morgan fingerprint density at radius 2 is 2.25 bits per heavy atom. The minimum Gasteiger partial charge on any atom is -0.432 e. The number of benzene rings is 1. The summed E-state index contributed by atoms with van der Waals surface area (Å²) in [7, 11) is 0. The number of nitrogens with two attached hydrogens (primary N) is 1. The van der Waals surface area contributed by atoms with Crippen LogP contribution in [0.1, 0.15) is 5.56 Å². The van der Waals surface area contributed by atoms with E-state index >= 15 is 0 Å². The van der Waals surface area contributed by atoms with E-state index < -0.39 is 0 Å². The van der Waals surface area contributed by atoms with Gasteiger partial charge in [0, 0.05) is 22.7 Å². The number of fused-ring (bicyclic) bond motifs is 1. The van der Waals surface area contributed by atoms with E-state index in [0.29, 0.717) is 0 Å². The van der Waals surface area contributed by atoms with Crippen LogP contribution in [-0.2, 0) is 0 Å². The van der Waals surface area contributed by atoms with Gasteiger partial charge in [-0.3, -0.25) is 0 Å². The van der Waals surface area contributed by atoms with Gasteiger partial charge in [0.15, 0.2) is 0 Å². The number of aryl methyl sites for hydroxylation is 1. The van der Waals surface area contributed by atoms with Crippen LogP contribution < -0.4 is 5.73 Å². The Hall–Kier alpha value is -2.23. The zero-order chi connectivity index (χ0) is 11.1. The molecule has 2 aromatic heterocycles. The lowest BCUT2D eigenvalue weighted by atomic mass is 10.1. The fraction of sp³-hybridized carbons (Fsp3) is 0.0833. The van der Waals surface area contributed by atoms with Crippen molar-refractivity contribution in [2.24, 2.45) is 0 Å². The van der Waals surface area contributed by atoms with Crippen LogP contribution in [0.4, 0.5) is 6.01 Å². The topological polar surface area (TPSA) is 67.8 Å². The number of rotatable bonds is 1. The lowest BCUT2D eigenvalue weighted by Gasteiger charge is -1.97. The van der Waals surface area contributed by atoms with Gasteiger partial charge < -0.3 is 15.1 Å². The minimum absolute atomic E-state index is 0.193. The second-order valence-electron chi connectivity index (χ2n) is 3.77. The lowest BCUT2D eigenvalue weighted by Crippen LogP contribution is -1.83. The first-order chi connectivity index (χ1) is 7.75. The molecular formula is C12H11N3O. The summed E-state index contributed by atoms with van der Waals surface area (Å²) in [6, 6.07) is 6.32. The van der Waals surface area contributed by atoms with Crippen molar-refractivity contribution < 1.29 is 4.42 Å². The summed E-state index contributed by atoms with van der Waals surface area (Å²) in [4.78, 5) is 7.35. The van der Waals surface area contributed by atoms with E-state index in [9.17, 15) is 0 Å². The highest BCUT2D eigenvalue weighted by molar-refractivity contribution is 5.96. The van der Waals surface area contributed by atoms with Gasteiger partial charge >= 0.3 is 0 Å².